The van der Waals surface area contributed by atoms with E-state index in [-0.39, 0.29) is 0 Å². The molecule has 4 heteroatoms. The molecule has 1 amide bonds. The molecule has 1 aromatic carbocycles. The molecule has 3 rings (SSSR count). The highest BCUT2D eigenvalue weighted by Crippen LogP contribution is 2.25. The predicted octanol–water partition coefficient (Wildman–Crippen LogP) is 3.30. The molecule has 0 aliphatic carbocycles. The Morgan fingerprint density at radius 2 is 2.04 bits per heavy atom. The summed E-state index contributed by atoms with van der Waals surface area (Å²) in [6.45, 7) is 5.82. The van der Waals surface area contributed by atoms with Crippen LogP contribution in [0.2, 0.25) is 0 Å². The fourth-order valence-corrected chi connectivity index (χ4v) is 3.54. The predicted molar refractivity (Wildman–Crippen MR) is 91.3 cm³/mol. The van der Waals surface area contributed by atoms with Crippen LogP contribution < -0.4 is 0 Å². The van der Waals surface area contributed by atoms with Crippen LogP contribution in [0.15, 0.2) is 36.5 Å². The Morgan fingerprint density at radius 3 is 2.74 bits per heavy atom. The quantitative estimate of drug-likeness (QED) is 0.850. The third kappa shape index (κ3) is 3.63. The van der Waals surface area contributed by atoms with Gasteiger partial charge in [0.1, 0.15) is 5.82 Å². The molecule has 2 aromatic rings. The number of aryl methyl sites for hydroxylation is 3. The second-order valence-electron chi connectivity index (χ2n) is 6.44. The Kier molecular flexibility index (Phi) is 4.79. The van der Waals surface area contributed by atoms with Crippen molar-refractivity contribution in [1.82, 2.24) is 14.5 Å². The molecular weight excluding hydrogens is 286 g/mol. The van der Waals surface area contributed by atoms with E-state index in [1.807, 2.05) is 24.1 Å². The Morgan fingerprint density at radius 1 is 1.26 bits per heavy atom. The van der Waals surface area contributed by atoms with Gasteiger partial charge in [0.25, 0.3) is 0 Å². The molecule has 2 heterocycles. The van der Waals surface area contributed by atoms with E-state index in [1.54, 1.807) is 0 Å². The van der Waals surface area contributed by atoms with Crippen LogP contribution in [0.25, 0.3) is 0 Å². The maximum Gasteiger partial charge on any atom is 0.222 e. The maximum absolute atomic E-state index is 12.4. The largest absolute Gasteiger partial charge is 0.341 e. The Balaban J connectivity index is 1.50. The van der Waals surface area contributed by atoms with Gasteiger partial charge < -0.3 is 9.47 Å². The first-order valence-corrected chi connectivity index (χ1v) is 8.47. The molecule has 1 aliphatic heterocycles. The van der Waals surface area contributed by atoms with Crippen molar-refractivity contribution in [3.8, 4) is 0 Å². The first kappa shape index (κ1) is 15.8. The zero-order chi connectivity index (χ0) is 16.2. The van der Waals surface area contributed by atoms with E-state index in [0.717, 1.165) is 38.2 Å². The van der Waals surface area contributed by atoms with Gasteiger partial charge in [-0.15, -0.1) is 0 Å². The zero-order valence-corrected chi connectivity index (χ0v) is 14.0. The van der Waals surface area contributed by atoms with Crippen LogP contribution in [0.1, 0.15) is 42.4 Å². The molecule has 0 radical (unpaired) electrons. The summed E-state index contributed by atoms with van der Waals surface area (Å²) in [6.07, 6.45) is 5.49. The van der Waals surface area contributed by atoms with Gasteiger partial charge >= 0.3 is 0 Å². The molecule has 4 nitrogen and oxygen atoms in total. The molecule has 23 heavy (non-hydrogen) atoms. The van der Waals surface area contributed by atoms with Crippen molar-refractivity contribution in [2.75, 3.05) is 13.1 Å². The summed E-state index contributed by atoms with van der Waals surface area (Å²) in [6, 6.07) is 10.8. The van der Waals surface area contributed by atoms with E-state index in [0.29, 0.717) is 18.4 Å². The fourth-order valence-electron chi connectivity index (χ4n) is 3.54. The molecule has 0 saturated carbocycles. The van der Waals surface area contributed by atoms with Crippen molar-refractivity contribution in [2.45, 2.75) is 45.6 Å². The number of carbonyl (C=O) groups excluding carboxylic acids is 1. The lowest BCUT2D eigenvalue weighted by molar-refractivity contribution is -0.130. The molecule has 1 aromatic heterocycles. The van der Waals surface area contributed by atoms with Gasteiger partial charge in [0.05, 0.1) is 6.04 Å². The second kappa shape index (κ2) is 6.99. The Hall–Kier alpha value is -2.10. The van der Waals surface area contributed by atoms with Crippen LogP contribution in [0.3, 0.4) is 0 Å². The highest BCUT2D eigenvalue weighted by Gasteiger charge is 2.28. The number of amides is 1. The summed E-state index contributed by atoms with van der Waals surface area (Å²) in [5.41, 5.74) is 2.50. The molecule has 0 N–H and O–H groups in total. The Labute approximate surface area is 138 Å². The molecular formula is C19H25N3O. The van der Waals surface area contributed by atoms with Gasteiger partial charge in [0.2, 0.25) is 5.91 Å². The van der Waals surface area contributed by atoms with Crippen molar-refractivity contribution in [1.29, 1.82) is 0 Å². The van der Waals surface area contributed by atoms with Crippen LogP contribution >= 0.6 is 0 Å². The Bertz CT molecular complexity index is 643. The number of rotatable bonds is 5. The maximum atomic E-state index is 12.4. The van der Waals surface area contributed by atoms with Crippen LogP contribution in [0.5, 0.6) is 0 Å². The average Bonchev–Trinajstić information content (AvgIpc) is 3.15. The van der Waals surface area contributed by atoms with Crippen LogP contribution in [0.4, 0.5) is 0 Å². The van der Waals surface area contributed by atoms with Gasteiger partial charge in [0, 0.05) is 31.4 Å². The number of benzene rings is 1. The molecule has 1 fully saturated rings. The SMILES string of the molecule is Cc1cnc(C)n1C1CCN(C(=O)CCCc2ccccc2)C1. The van der Waals surface area contributed by atoms with E-state index in [1.165, 1.54) is 11.3 Å². The lowest BCUT2D eigenvalue weighted by Gasteiger charge is -2.19. The van der Waals surface area contributed by atoms with E-state index in [2.05, 4.69) is 40.7 Å². The lowest BCUT2D eigenvalue weighted by atomic mass is 10.1. The molecule has 1 unspecified atom stereocenters. The molecule has 1 aliphatic rings. The monoisotopic (exact) mass is 311 g/mol. The van der Waals surface area contributed by atoms with Gasteiger partial charge in [-0.1, -0.05) is 30.3 Å². The minimum absolute atomic E-state index is 0.291. The highest BCUT2D eigenvalue weighted by atomic mass is 16.2. The van der Waals surface area contributed by atoms with E-state index in [9.17, 15) is 4.79 Å². The standard InChI is InChI=1S/C19H25N3O/c1-15-13-20-16(2)22(15)18-11-12-21(14-18)19(23)10-6-9-17-7-4-3-5-8-17/h3-5,7-8,13,18H,6,9-12,14H2,1-2H3. The van der Waals surface area contributed by atoms with Gasteiger partial charge in [-0.2, -0.15) is 0 Å². The summed E-state index contributed by atoms with van der Waals surface area (Å²) in [4.78, 5) is 18.8. The molecule has 0 bridgehead atoms. The van der Waals surface area contributed by atoms with Crippen molar-refractivity contribution < 1.29 is 4.79 Å². The number of likely N-dealkylation sites (tertiary alicyclic amines) is 1. The third-order valence-electron chi connectivity index (χ3n) is 4.75. The normalized spacial score (nSPS) is 17.7. The number of carbonyl (C=O) groups is 1. The first-order valence-electron chi connectivity index (χ1n) is 8.47. The second-order valence-corrected chi connectivity index (χ2v) is 6.44. The molecule has 122 valence electrons. The lowest BCUT2D eigenvalue weighted by Crippen LogP contribution is -2.29. The van der Waals surface area contributed by atoms with Gasteiger partial charge in [-0.05, 0) is 38.7 Å². The number of hydrogen-bond acceptors (Lipinski definition) is 2. The topological polar surface area (TPSA) is 38.1 Å². The first-order chi connectivity index (χ1) is 11.1. The summed E-state index contributed by atoms with van der Waals surface area (Å²) in [5.74, 6) is 1.34. The van der Waals surface area contributed by atoms with Crippen molar-refractivity contribution in [2.24, 2.45) is 0 Å². The molecule has 0 spiro atoms. The summed E-state index contributed by atoms with van der Waals surface area (Å²) < 4.78 is 2.28. The molecule has 1 saturated heterocycles. The summed E-state index contributed by atoms with van der Waals surface area (Å²) in [5, 5.41) is 0. The molecule has 1 atom stereocenters. The van der Waals surface area contributed by atoms with Crippen LogP contribution in [0, 0.1) is 13.8 Å². The summed E-state index contributed by atoms with van der Waals surface area (Å²) in [7, 11) is 0. The number of imidazole rings is 1. The van der Waals surface area contributed by atoms with E-state index >= 15 is 0 Å². The average molecular weight is 311 g/mol. The zero-order valence-electron chi connectivity index (χ0n) is 14.0. The van der Waals surface area contributed by atoms with Crippen molar-refractivity contribution in [3.63, 3.8) is 0 Å². The fraction of sp³-hybridized carbons (Fsp3) is 0.474. The van der Waals surface area contributed by atoms with Crippen molar-refractivity contribution in [3.05, 3.63) is 53.6 Å². The van der Waals surface area contributed by atoms with E-state index < -0.39 is 0 Å². The van der Waals surface area contributed by atoms with Crippen LogP contribution in [-0.4, -0.2) is 33.4 Å². The highest BCUT2D eigenvalue weighted by molar-refractivity contribution is 5.76. The number of aromatic nitrogens is 2. The van der Waals surface area contributed by atoms with Gasteiger partial charge in [-0.25, -0.2) is 4.98 Å². The minimum Gasteiger partial charge on any atom is -0.341 e. The van der Waals surface area contributed by atoms with Crippen LogP contribution in [-0.2, 0) is 11.2 Å². The van der Waals surface area contributed by atoms with Gasteiger partial charge in [-0.3, -0.25) is 4.79 Å². The summed E-state index contributed by atoms with van der Waals surface area (Å²) >= 11 is 0. The van der Waals surface area contributed by atoms with Crippen molar-refractivity contribution >= 4 is 5.91 Å². The van der Waals surface area contributed by atoms with Gasteiger partial charge in [0.15, 0.2) is 0 Å². The van der Waals surface area contributed by atoms with E-state index in [4.69, 9.17) is 0 Å². The minimum atomic E-state index is 0.291. The smallest absolute Gasteiger partial charge is 0.222 e. The third-order valence-corrected chi connectivity index (χ3v) is 4.75. The number of hydrogen-bond donors (Lipinski definition) is 0. The number of nitrogens with zero attached hydrogens (tertiary/aromatic N) is 3.